The molecule has 0 saturated carbocycles. The van der Waals surface area contributed by atoms with E-state index in [1.54, 1.807) is 7.11 Å². The fourth-order valence-corrected chi connectivity index (χ4v) is 1.41. The highest BCUT2D eigenvalue weighted by molar-refractivity contribution is 4.45. The van der Waals surface area contributed by atoms with Crippen LogP contribution in [0.3, 0.4) is 0 Å². The number of nitrogens with one attached hydrogen (secondary N) is 1. The zero-order valence-corrected chi connectivity index (χ0v) is 14.2. The number of hydrogen-bond donors (Lipinski definition) is 1. The molecule has 0 radical (unpaired) electrons. The van der Waals surface area contributed by atoms with Gasteiger partial charge < -0.3 is 19.5 Å². The number of unbranched alkanes of at least 4 members (excludes halogenated alkanes) is 2. The molecule has 0 aromatic carbocycles. The van der Waals surface area contributed by atoms with Crippen LogP contribution >= 0.6 is 0 Å². The van der Waals surface area contributed by atoms with E-state index in [0.29, 0.717) is 26.4 Å². The lowest BCUT2D eigenvalue weighted by atomic mass is 10.2. The number of hydrogen-bond acceptors (Lipinski definition) is 4. The average Bonchev–Trinajstić information content (AvgIpc) is 2.47. The van der Waals surface area contributed by atoms with Crippen LogP contribution in [0.25, 0.3) is 0 Å². The first-order chi connectivity index (χ1) is 9.83. The molecule has 0 aliphatic rings. The monoisotopic (exact) mass is 291 g/mol. The topological polar surface area (TPSA) is 39.7 Å². The lowest BCUT2D eigenvalue weighted by Gasteiger charge is -2.03. The molecule has 0 fully saturated rings. The van der Waals surface area contributed by atoms with Gasteiger partial charge in [0.25, 0.3) is 0 Å². The minimum absolute atomic E-state index is 0.659. The fraction of sp³-hybridized carbons (Fsp3) is 1.00. The Morgan fingerprint density at radius 2 is 1.30 bits per heavy atom. The van der Waals surface area contributed by atoms with E-state index in [-0.39, 0.29) is 0 Å². The van der Waals surface area contributed by atoms with Crippen molar-refractivity contribution in [1.82, 2.24) is 5.32 Å². The van der Waals surface area contributed by atoms with Gasteiger partial charge in [-0.05, 0) is 32.4 Å². The molecule has 0 aliphatic carbocycles. The maximum atomic E-state index is 5.20. The maximum absolute atomic E-state index is 5.20. The van der Waals surface area contributed by atoms with Gasteiger partial charge in [-0.15, -0.1) is 0 Å². The van der Waals surface area contributed by atoms with E-state index in [2.05, 4.69) is 26.1 Å². The summed E-state index contributed by atoms with van der Waals surface area (Å²) in [6, 6.07) is 0. The third kappa shape index (κ3) is 26.4. The first kappa shape index (κ1) is 22.1. The van der Waals surface area contributed by atoms with E-state index < -0.39 is 0 Å². The van der Waals surface area contributed by atoms with Crippen molar-refractivity contribution in [2.45, 2.75) is 52.9 Å². The van der Waals surface area contributed by atoms with E-state index in [1.165, 1.54) is 38.8 Å². The van der Waals surface area contributed by atoms with Crippen LogP contribution in [0.5, 0.6) is 0 Å². The quantitative estimate of drug-likeness (QED) is 0.499. The van der Waals surface area contributed by atoms with Gasteiger partial charge in [0.1, 0.15) is 0 Å². The molecule has 0 bridgehead atoms. The Labute approximate surface area is 126 Å². The number of rotatable bonds is 14. The molecule has 20 heavy (non-hydrogen) atoms. The predicted molar refractivity (Wildman–Crippen MR) is 86.5 cm³/mol. The molecule has 4 nitrogen and oxygen atoms in total. The highest BCUT2D eigenvalue weighted by atomic mass is 16.5. The normalized spacial score (nSPS) is 10.2. The van der Waals surface area contributed by atoms with Crippen molar-refractivity contribution in [3.05, 3.63) is 0 Å². The largest absolute Gasteiger partial charge is 0.382 e. The molecule has 124 valence electrons. The highest BCUT2D eigenvalue weighted by Crippen LogP contribution is 1.90. The Morgan fingerprint density at radius 3 is 1.85 bits per heavy atom. The fourth-order valence-electron chi connectivity index (χ4n) is 1.41. The molecule has 0 saturated heterocycles. The van der Waals surface area contributed by atoms with Crippen molar-refractivity contribution >= 4 is 0 Å². The predicted octanol–water partition coefficient (Wildman–Crippen LogP) is 3.25. The zero-order valence-electron chi connectivity index (χ0n) is 14.2. The van der Waals surface area contributed by atoms with Gasteiger partial charge in [0.15, 0.2) is 0 Å². The van der Waals surface area contributed by atoms with Crippen molar-refractivity contribution in [2.75, 3.05) is 53.2 Å². The van der Waals surface area contributed by atoms with Crippen molar-refractivity contribution in [2.24, 2.45) is 0 Å². The second kappa shape index (κ2) is 23.9. The Hall–Kier alpha value is -0.160. The summed E-state index contributed by atoms with van der Waals surface area (Å²) in [4.78, 5) is 0. The van der Waals surface area contributed by atoms with Gasteiger partial charge >= 0.3 is 0 Å². The van der Waals surface area contributed by atoms with Gasteiger partial charge in [0.05, 0.1) is 26.4 Å². The summed E-state index contributed by atoms with van der Waals surface area (Å²) in [5, 5.41) is 3.37. The molecule has 0 aromatic heterocycles. The molecule has 0 amide bonds. The number of ether oxygens (including phenoxy) is 3. The van der Waals surface area contributed by atoms with Crippen LogP contribution < -0.4 is 5.32 Å². The summed E-state index contributed by atoms with van der Waals surface area (Å²) in [6.07, 6.45) is 6.37. The molecular weight excluding hydrogens is 254 g/mol. The molecule has 0 atom stereocenters. The minimum Gasteiger partial charge on any atom is -0.382 e. The smallest absolute Gasteiger partial charge is 0.0701 e. The lowest BCUT2D eigenvalue weighted by molar-refractivity contribution is 0.0250. The molecule has 0 unspecified atom stereocenters. The van der Waals surface area contributed by atoms with Crippen LogP contribution in [-0.4, -0.2) is 53.2 Å². The SMILES string of the molecule is CCCCCNCCC.CCCOCCOCCOC. The molecule has 0 aromatic rings. The second-order valence-electron chi connectivity index (χ2n) is 4.67. The first-order valence-corrected chi connectivity index (χ1v) is 8.18. The molecule has 0 spiro atoms. The maximum Gasteiger partial charge on any atom is 0.0701 e. The summed E-state index contributed by atoms with van der Waals surface area (Å²) < 4.78 is 15.2. The Bertz CT molecular complexity index is 132. The van der Waals surface area contributed by atoms with Gasteiger partial charge in [-0.25, -0.2) is 0 Å². The van der Waals surface area contributed by atoms with E-state index in [4.69, 9.17) is 14.2 Å². The van der Waals surface area contributed by atoms with E-state index >= 15 is 0 Å². The third-order valence-electron chi connectivity index (χ3n) is 2.54. The standard InChI is InChI=1S/C8H19N.C8H18O3/c1-3-5-6-8-9-7-4-2;1-3-4-10-7-8-11-6-5-9-2/h9H,3-8H2,1-2H3;3-8H2,1-2H3. The van der Waals surface area contributed by atoms with Crippen LogP contribution in [0.15, 0.2) is 0 Å². The third-order valence-corrected chi connectivity index (χ3v) is 2.54. The lowest BCUT2D eigenvalue weighted by Crippen LogP contribution is -2.15. The van der Waals surface area contributed by atoms with Crippen LogP contribution in [0.2, 0.25) is 0 Å². The Morgan fingerprint density at radius 1 is 0.650 bits per heavy atom. The summed E-state index contributed by atoms with van der Waals surface area (Å²) in [7, 11) is 1.66. The van der Waals surface area contributed by atoms with Crippen LogP contribution in [0.1, 0.15) is 52.9 Å². The van der Waals surface area contributed by atoms with Gasteiger partial charge in [0.2, 0.25) is 0 Å². The molecular formula is C16H37NO3. The molecule has 0 rings (SSSR count). The average molecular weight is 291 g/mol. The van der Waals surface area contributed by atoms with E-state index in [9.17, 15) is 0 Å². The summed E-state index contributed by atoms with van der Waals surface area (Å²) in [6.45, 7) is 12.4. The molecule has 0 aliphatic heterocycles. The van der Waals surface area contributed by atoms with Crippen molar-refractivity contribution < 1.29 is 14.2 Å². The minimum atomic E-state index is 0.659. The Balaban J connectivity index is 0. The molecule has 1 N–H and O–H groups in total. The van der Waals surface area contributed by atoms with Gasteiger partial charge in [0, 0.05) is 13.7 Å². The first-order valence-electron chi connectivity index (χ1n) is 8.18. The van der Waals surface area contributed by atoms with E-state index in [1.807, 2.05) is 0 Å². The van der Waals surface area contributed by atoms with Crippen LogP contribution in [0, 0.1) is 0 Å². The van der Waals surface area contributed by atoms with Crippen molar-refractivity contribution in [3.8, 4) is 0 Å². The summed E-state index contributed by atoms with van der Waals surface area (Å²) in [5.41, 5.74) is 0. The summed E-state index contributed by atoms with van der Waals surface area (Å²) >= 11 is 0. The summed E-state index contributed by atoms with van der Waals surface area (Å²) in [5.74, 6) is 0. The van der Waals surface area contributed by atoms with Crippen molar-refractivity contribution in [3.63, 3.8) is 0 Å². The van der Waals surface area contributed by atoms with Gasteiger partial charge in [-0.3, -0.25) is 0 Å². The highest BCUT2D eigenvalue weighted by Gasteiger charge is 1.87. The Kier molecular flexibility index (Phi) is 26.4. The molecule has 0 heterocycles. The number of methoxy groups -OCH3 is 1. The zero-order chi connectivity index (χ0) is 15.3. The molecule has 4 heteroatoms. The van der Waals surface area contributed by atoms with Crippen LogP contribution in [0.4, 0.5) is 0 Å². The second-order valence-corrected chi connectivity index (χ2v) is 4.67. The van der Waals surface area contributed by atoms with Crippen LogP contribution in [-0.2, 0) is 14.2 Å². The van der Waals surface area contributed by atoms with Crippen molar-refractivity contribution in [1.29, 1.82) is 0 Å². The van der Waals surface area contributed by atoms with Gasteiger partial charge in [-0.2, -0.15) is 0 Å². The van der Waals surface area contributed by atoms with E-state index in [0.717, 1.165) is 13.0 Å². The van der Waals surface area contributed by atoms with Gasteiger partial charge in [-0.1, -0.05) is 33.6 Å².